The fourth-order valence-electron chi connectivity index (χ4n) is 3.65. The van der Waals surface area contributed by atoms with Crippen molar-refractivity contribution in [3.05, 3.63) is 66.9 Å². The van der Waals surface area contributed by atoms with E-state index in [1.807, 2.05) is 42.5 Å². The summed E-state index contributed by atoms with van der Waals surface area (Å²) in [6.07, 6.45) is 3.04. The van der Waals surface area contributed by atoms with Crippen molar-refractivity contribution in [2.75, 3.05) is 36.4 Å². The van der Waals surface area contributed by atoms with E-state index in [4.69, 9.17) is 0 Å². The lowest BCUT2D eigenvalue weighted by Crippen LogP contribution is -2.48. The summed E-state index contributed by atoms with van der Waals surface area (Å²) in [6, 6.07) is 13.6. The second kappa shape index (κ2) is 9.37. The molecular weight excluding hydrogens is 364 g/mol. The summed E-state index contributed by atoms with van der Waals surface area (Å²) in [5.41, 5.74) is 1.69. The second-order valence-corrected chi connectivity index (χ2v) is 7.54. The number of carbonyl (C=O) groups is 2. The third-order valence-corrected chi connectivity index (χ3v) is 5.21. The fourth-order valence-corrected chi connectivity index (χ4v) is 3.65. The normalized spacial score (nSPS) is 15.1. The van der Waals surface area contributed by atoms with Crippen LogP contribution >= 0.6 is 0 Å². The van der Waals surface area contributed by atoms with Gasteiger partial charge in [0, 0.05) is 26.2 Å². The molecule has 1 N–H and O–H groups in total. The molecule has 1 aromatic carbocycles. The van der Waals surface area contributed by atoms with Crippen LogP contribution in [0.4, 0.5) is 11.5 Å². The predicted molar refractivity (Wildman–Crippen MR) is 116 cm³/mol. The van der Waals surface area contributed by atoms with Gasteiger partial charge in [0.1, 0.15) is 5.82 Å². The first kappa shape index (κ1) is 20.6. The fraction of sp³-hybridized carbons (Fsp3) is 0.348. The van der Waals surface area contributed by atoms with Crippen LogP contribution < -0.4 is 10.2 Å². The topological polar surface area (TPSA) is 65.5 Å². The second-order valence-electron chi connectivity index (χ2n) is 7.54. The predicted octanol–water partition coefficient (Wildman–Crippen LogP) is 3.29. The Kier molecular flexibility index (Phi) is 6.65. The Morgan fingerprint density at radius 3 is 2.31 bits per heavy atom. The van der Waals surface area contributed by atoms with E-state index in [1.54, 1.807) is 11.1 Å². The average molecular weight is 393 g/mol. The van der Waals surface area contributed by atoms with Crippen LogP contribution in [0, 0.1) is 5.92 Å². The van der Waals surface area contributed by atoms with Gasteiger partial charge in [-0.05, 0) is 29.7 Å². The number of anilines is 2. The Bertz CT molecular complexity index is 841. The highest BCUT2D eigenvalue weighted by Gasteiger charge is 2.24. The quantitative estimate of drug-likeness (QED) is 0.766. The van der Waals surface area contributed by atoms with Crippen molar-refractivity contribution in [3.63, 3.8) is 0 Å². The Hall–Kier alpha value is -3.15. The first-order valence-corrected chi connectivity index (χ1v) is 9.97. The molecule has 6 nitrogen and oxygen atoms in total. The van der Waals surface area contributed by atoms with Crippen LogP contribution in [0.5, 0.6) is 0 Å². The monoisotopic (exact) mass is 392 g/mol. The molecule has 0 bridgehead atoms. The van der Waals surface area contributed by atoms with Gasteiger partial charge in [-0.3, -0.25) is 9.59 Å². The lowest BCUT2D eigenvalue weighted by Gasteiger charge is -2.34. The summed E-state index contributed by atoms with van der Waals surface area (Å²) < 4.78 is 0. The van der Waals surface area contributed by atoms with Crippen molar-refractivity contribution in [1.29, 1.82) is 0 Å². The molecule has 3 rings (SSSR count). The number of amides is 2. The van der Waals surface area contributed by atoms with Gasteiger partial charge in [-0.25, -0.2) is 4.98 Å². The van der Waals surface area contributed by atoms with Gasteiger partial charge in [0.15, 0.2) is 0 Å². The minimum Gasteiger partial charge on any atom is -0.353 e. The molecule has 1 unspecified atom stereocenters. The molecule has 0 spiro atoms. The largest absolute Gasteiger partial charge is 0.353 e. The van der Waals surface area contributed by atoms with Gasteiger partial charge in [0.2, 0.25) is 11.8 Å². The minimum absolute atomic E-state index is 0.0303. The maximum absolute atomic E-state index is 12.9. The molecule has 1 fully saturated rings. The number of aromatic nitrogens is 1. The van der Waals surface area contributed by atoms with Crippen molar-refractivity contribution in [3.8, 4) is 0 Å². The number of piperazine rings is 1. The van der Waals surface area contributed by atoms with Crippen LogP contribution in [0.2, 0.25) is 0 Å². The molecule has 0 aliphatic carbocycles. The molecule has 1 aliphatic rings. The summed E-state index contributed by atoms with van der Waals surface area (Å²) in [6.45, 7) is 10.4. The molecule has 1 atom stereocenters. The Morgan fingerprint density at radius 1 is 1.07 bits per heavy atom. The third-order valence-electron chi connectivity index (χ3n) is 5.21. The number of rotatable bonds is 6. The van der Waals surface area contributed by atoms with Gasteiger partial charge in [0.05, 0.1) is 17.8 Å². The maximum Gasteiger partial charge on any atom is 0.246 e. The van der Waals surface area contributed by atoms with Gasteiger partial charge in [-0.15, -0.1) is 0 Å². The van der Waals surface area contributed by atoms with Gasteiger partial charge in [0.25, 0.3) is 0 Å². The highest BCUT2D eigenvalue weighted by Crippen LogP contribution is 2.26. The number of pyridine rings is 1. The first-order valence-electron chi connectivity index (χ1n) is 9.97. The summed E-state index contributed by atoms with van der Waals surface area (Å²) in [7, 11) is 0. The molecule has 1 saturated heterocycles. The zero-order valence-corrected chi connectivity index (χ0v) is 17.0. The van der Waals surface area contributed by atoms with Gasteiger partial charge in [-0.2, -0.15) is 0 Å². The summed E-state index contributed by atoms with van der Waals surface area (Å²) in [4.78, 5) is 33.0. The highest BCUT2D eigenvalue weighted by atomic mass is 16.2. The Morgan fingerprint density at radius 2 is 1.76 bits per heavy atom. The van der Waals surface area contributed by atoms with Crippen LogP contribution in [0.25, 0.3) is 0 Å². The molecule has 2 amide bonds. The van der Waals surface area contributed by atoms with E-state index in [-0.39, 0.29) is 23.7 Å². The van der Waals surface area contributed by atoms with E-state index in [1.165, 1.54) is 6.08 Å². The Labute approximate surface area is 172 Å². The molecule has 152 valence electrons. The molecule has 29 heavy (non-hydrogen) atoms. The number of carbonyl (C=O) groups excluding carboxylic acids is 2. The molecule has 6 heteroatoms. The van der Waals surface area contributed by atoms with Gasteiger partial charge in [-0.1, -0.05) is 50.8 Å². The zero-order valence-electron chi connectivity index (χ0n) is 17.0. The molecular formula is C23H28N4O2. The molecule has 2 aromatic rings. The van der Waals surface area contributed by atoms with Crippen LogP contribution in [-0.2, 0) is 9.59 Å². The molecule has 1 aromatic heterocycles. The van der Waals surface area contributed by atoms with Crippen molar-refractivity contribution in [1.82, 2.24) is 9.88 Å². The van der Waals surface area contributed by atoms with Crippen LogP contribution in [-0.4, -0.2) is 47.9 Å². The first-order chi connectivity index (χ1) is 14.0. The molecule has 1 aliphatic heterocycles. The zero-order chi connectivity index (χ0) is 20.8. The molecule has 0 saturated carbocycles. The summed E-state index contributed by atoms with van der Waals surface area (Å²) in [5.74, 6) is 0.744. The number of benzene rings is 1. The minimum atomic E-state index is -0.216. The van der Waals surface area contributed by atoms with Crippen molar-refractivity contribution in [2.24, 2.45) is 5.92 Å². The summed E-state index contributed by atoms with van der Waals surface area (Å²) >= 11 is 0. The lowest BCUT2D eigenvalue weighted by molar-refractivity contribution is -0.126. The van der Waals surface area contributed by atoms with Crippen molar-refractivity contribution >= 4 is 23.3 Å². The van der Waals surface area contributed by atoms with Gasteiger partial charge < -0.3 is 15.1 Å². The number of hydrogen-bond acceptors (Lipinski definition) is 4. The smallest absolute Gasteiger partial charge is 0.246 e. The molecule has 0 radical (unpaired) electrons. The summed E-state index contributed by atoms with van der Waals surface area (Å²) in [5, 5.41) is 3.00. The Balaban J connectivity index is 1.62. The third kappa shape index (κ3) is 5.02. The van der Waals surface area contributed by atoms with Crippen LogP contribution in [0.15, 0.2) is 61.3 Å². The van der Waals surface area contributed by atoms with E-state index < -0.39 is 0 Å². The number of nitrogens with zero attached hydrogens (tertiary/aromatic N) is 3. The van der Waals surface area contributed by atoms with Crippen molar-refractivity contribution in [2.45, 2.75) is 19.8 Å². The van der Waals surface area contributed by atoms with Gasteiger partial charge >= 0.3 is 0 Å². The van der Waals surface area contributed by atoms with Crippen LogP contribution in [0.1, 0.15) is 25.3 Å². The maximum atomic E-state index is 12.9. The van der Waals surface area contributed by atoms with E-state index in [0.29, 0.717) is 18.8 Å². The molecule has 2 heterocycles. The highest BCUT2D eigenvalue weighted by molar-refractivity contribution is 5.96. The van der Waals surface area contributed by atoms with Crippen LogP contribution in [0.3, 0.4) is 0 Å². The van der Waals surface area contributed by atoms with E-state index in [0.717, 1.165) is 24.5 Å². The van der Waals surface area contributed by atoms with E-state index >= 15 is 0 Å². The SMILES string of the molecule is C=CC(=O)N1CCN(c2ccc(NC(=O)C(c3ccccc3)C(C)C)cn2)CC1. The van der Waals surface area contributed by atoms with Crippen molar-refractivity contribution < 1.29 is 9.59 Å². The van der Waals surface area contributed by atoms with E-state index in [9.17, 15) is 9.59 Å². The number of nitrogens with one attached hydrogen (secondary N) is 1. The average Bonchev–Trinajstić information content (AvgIpc) is 2.74. The number of hydrogen-bond donors (Lipinski definition) is 1. The standard InChI is InChI=1S/C23H28N4O2/c1-4-21(28)27-14-12-26(13-15-27)20-11-10-19(16-24-20)25-23(29)22(17(2)3)18-8-6-5-7-9-18/h4-11,16-17,22H,1,12-15H2,2-3H3,(H,25,29). The van der Waals surface area contributed by atoms with E-state index in [2.05, 4.69) is 35.6 Å². The lowest BCUT2D eigenvalue weighted by atomic mass is 9.87.